The number of hydrogen-bond donors (Lipinski definition) is 0. The van der Waals surface area contributed by atoms with Gasteiger partial charge in [-0.05, 0) is 24.3 Å². The fraction of sp³-hybridized carbons (Fsp3) is 0.143. The molecule has 3 nitrogen and oxygen atoms in total. The van der Waals surface area contributed by atoms with Gasteiger partial charge >= 0.3 is 0 Å². The van der Waals surface area contributed by atoms with Crippen LogP contribution in [0.1, 0.15) is 10.4 Å². The number of benzene rings is 1. The molecule has 0 radical (unpaired) electrons. The first-order valence-corrected chi connectivity index (χ1v) is 7.37. The van der Waals surface area contributed by atoms with E-state index in [4.69, 9.17) is 11.6 Å². The van der Waals surface area contributed by atoms with E-state index < -0.39 is 5.82 Å². The zero-order valence-electron chi connectivity index (χ0n) is 10.3. The summed E-state index contributed by atoms with van der Waals surface area (Å²) in [4.78, 5) is 18.7. The van der Waals surface area contributed by atoms with Crippen LogP contribution in [0.15, 0.2) is 41.6 Å². The van der Waals surface area contributed by atoms with Crippen molar-refractivity contribution in [2.24, 2.45) is 0 Å². The molecule has 1 aliphatic rings. The first-order valence-electron chi connectivity index (χ1n) is 6.00. The van der Waals surface area contributed by atoms with E-state index in [2.05, 4.69) is 4.98 Å². The molecule has 0 saturated heterocycles. The molecule has 1 aromatic heterocycles. The van der Waals surface area contributed by atoms with Crippen LogP contribution < -0.4 is 4.90 Å². The fourth-order valence-corrected chi connectivity index (χ4v) is 3.24. The number of fused-ring (bicyclic) bond motifs is 1. The summed E-state index contributed by atoms with van der Waals surface area (Å²) in [5.41, 5.74) is 0.757. The number of pyridine rings is 1. The Balaban J connectivity index is 2.03. The van der Waals surface area contributed by atoms with Crippen LogP contribution >= 0.6 is 23.4 Å². The molecule has 0 fully saturated rings. The van der Waals surface area contributed by atoms with Crippen molar-refractivity contribution < 1.29 is 9.18 Å². The fourth-order valence-electron chi connectivity index (χ4n) is 2.10. The average Bonchev–Trinajstić information content (AvgIpc) is 2.46. The highest BCUT2D eigenvalue weighted by molar-refractivity contribution is 7.99. The summed E-state index contributed by atoms with van der Waals surface area (Å²) in [6.45, 7) is 0.526. The van der Waals surface area contributed by atoms with Crippen molar-refractivity contribution in [1.82, 2.24) is 4.98 Å². The number of carbonyl (C=O) groups excluding carboxylic acids is 1. The topological polar surface area (TPSA) is 33.2 Å². The van der Waals surface area contributed by atoms with Crippen LogP contribution in [0.4, 0.5) is 10.1 Å². The third-order valence-electron chi connectivity index (χ3n) is 3.03. The maximum Gasteiger partial charge on any atom is 0.261 e. The molecule has 0 bridgehead atoms. The van der Waals surface area contributed by atoms with Gasteiger partial charge in [-0.3, -0.25) is 9.78 Å². The summed E-state index contributed by atoms with van der Waals surface area (Å²) in [7, 11) is 0. The Kier molecular flexibility index (Phi) is 3.63. The van der Waals surface area contributed by atoms with Gasteiger partial charge in [-0.25, -0.2) is 4.39 Å². The lowest BCUT2D eigenvalue weighted by molar-refractivity contribution is 0.0983. The second-order valence-electron chi connectivity index (χ2n) is 4.27. The van der Waals surface area contributed by atoms with Gasteiger partial charge in [0.25, 0.3) is 5.91 Å². The van der Waals surface area contributed by atoms with E-state index in [1.807, 2.05) is 6.07 Å². The maximum absolute atomic E-state index is 13.7. The van der Waals surface area contributed by atoms with E-state index in [0.717, 1.165) is 22.5 Å². The van der Waals surface area contributed by atoms with Gasteiger partial charge in [-0.2, -0.15) is 0 Å². The standard InChI is InChI=1S/C14H10ClFN2OS/c15-9-1-2-13-12(7-9)18(5-6-20-13)14(19)10-3-4-17-8-11(10)16/h1-4,7-8H,5-6H2. The Labute approximate surface area is 124 Å². The minimum atomic E-state index is -0.612. The molecule has 0 N–H and O–H groups in total. The highest BCUT2D eigenvalue weighted by Gasteiger charge is 2.26. The molecule has 20 heavy (non-hydrogen) atoms. The number of halogens is 2. The highest BCUT2D eigenvalue weighted by atomic mass is 35.5. The van der Waals surface area contributed by atoms with Crippen molar-refractivity contribution in [2.75, 3.05) is 17.2 Å². The van der Waals surface area contributed by atoms with Gasteiger partial charge in [0.1, 0.15) is 0 Å². The summed E-state index contributed by atoms with van der Waals surface area (Å²) in [6.07, 6.45) is 2.46. The SMILES string of the molecule is O=C(c1ccncc1F)N1CCSc2ccc(Cl)cc21. The van der Waals surface area contributed by atoms with Crippen LogP contribution in [0.2, 0.25) is 5.02 Å². The van der Waals surface area contributed by atoms with Crippen molar-refractivity contribution in [3.8, 4) is 0 Å². The van der Waals surface area contributed by atoms with Crippen LogP contribution in [0.3, 0.4) is 0 Å². The molecule has 2 aromatic rings. The molecule has 1 aliphatic heterocycles. The second kappa shape index (κ2) is 5.42. The van der Waals surface area contributed by atoms with Crippen molar-refractivity contribution in [3.63, 3.8) is 0 Å². The van der Waals surface area contributed by atoms with Crippen LogP contribution in [0.5, 0.6) is 0 Å². The lowest BCUT2D eigenvalue weighted by Crippen LogP contribution is -2.36. The number of rotatable bonds is 1. The minimum absolute atomic E-state index is 0.0258. The molecule has 0 saturated carbocycles. The molecule has 1 amide bonds. The van der Waals surface area contributed by atoms with E-state index in [0.29, 0.717) is 11.6 Å². The van der Waals surface area contributed by atoms with Gasteiger partial charge in [0, 0.05) is 28.4 Å². The largest absolute Gasteiger partial charge is 0.306 e. The van der Waals surface area contributed by atoms with Gasteiger partial charge in [-0.15, -0.1) is 11.8 Å². The molecule has 0 atom stereocenters. The zero-order chi connectivity index (χ0) is 14.1. The Bertz CT molecular complexity index is 680. The predicted molar refractivity (Wildman–Crippen MR) is 78.0 cm³/mol. The summed E-state index contributed by atoms with van der Waals surface area (Å²) in [5, 5.41) is 0.555. The normalized spacial score (nSPS) is 14.0. The molecule has 6 heteroatoms. The zero-order valence-corrected chi connectivity index (χ0v) is 11.9. The average molecular weight is 309 g/mol. The Hall–Kier alpha value is -1.59. The number of hydrogen-bond acceptors (Lipinski definition) is 3. The van der Waals surface area contributed by atoms with Crippen molar-refractivity contribution in [3.05, 3.63) is 53.1 Å². The Morgan fingerprint density at radius 1 is 1.40 bits per heavy atom. The number of thioether (sulfide) groups is 1. The van der Waals surface area contributed by atoms with E-state index in [1.165, 1.54) is 12.3 Å². The molecule has 1 aromatic carbocycles. The molecular formula is C14H10ClFN2OS. The molecular weight excluding hydrogens is 299 g/mol. The van der Waals surface area contributed by atoms with Crippen molar-refractivity contribution in [1.29, 1.82) is 0 Å². The monoisotopic (exact) mass is 308 g/mol. The van der Waals surface area contributed by atoms with Gasteiger partial charge in [0.2, 0.25) is 0 Å². The third-order valence-corrected chi connectivity index (χ3v) is 4.31. The quantitative estimate of drug-likeness (QED) is 0.806. The van der Waals surface area contributed by atoms with Gasteiger partial charge in [0.05, 0.1) is 17.4 Å². The molecule has 3 rings (SSSR count). The van der Waals surface area contributed by atoms with Gasteiger partial charge in [0.15, 0.2) is 5.82 Å². The highest BCUT2D eigenvalue weighted by Crippen LogP contribution is 2.37. The van der Waals surface area contributed by atoms with Crippen LogP contribution in [0, 0.1) is 5.82 Å². The minimum Gasteiger partial charge on any atom is -0.306 e. The first kappa shape index (κ1) is 13.4. The van der Waals surface area contributed by atoms with Crippen LogP contribution in [-0.4, -0.2) is 23.2 Å². The number of amides is 1. The van der Waals surface area contributed by atoms with Gasteiger partial charge < -0.3 is 4.90 Å². The number of carbonyl (C=O) groups is 1. The summed E-state index contributed by atoms with van der Waals surface area (Å²) >= 11 is 7.65. The number of anilines is 1. The molecule has 0 spiro atoms. The lowest BCUT2D eigenvalue weighted by atomic mass is 10.2. The van der Waals surface area contributed by atoms with E-state index >= 15 is 0 Å². The van der Waals surface area contributed by atoms with Crippen molar-refractivity contribution >= 4 is 35.0 Å². The Morgan fingerprint density at radius 3 is 3.05 bits per heavy atom. The summed E-state index contributed by atoms with van der Waals surface area (Å²) in [6, 6.07) is 6.79. The smallest absolute Gasteiger partial charge is 0.261 e. The van der Waals surface area contributed by atoms with Crippen molar-refractivity contribution in [2.45, 2.75) is 4.90 Å². The molecule has 0 unspecified atom stereocenters. The Morgan fingerprint density at radius 2 is 2.25 bits per heavy atom. The van der Waals surface area contributed by atoms with Crippen LogP contribution in [-0.2, 0) is 0 Å². The predicted octanol–water partition coefficient (Wildman–Crippen LogP) is 3.63. The number of aromatic nitrogens is 1. The second-order valence-corrected chi connectivity index (χ2v) is 5.85. The summed E-state index contributed by atoms with van der Waals surface area (Å²) < 4.78 is 13.7. The lowest BCUT2D eigenvalue weighted by Gasteiger charge is -2.29. The first-order chi connectivity index (χ1) is 9.66. The molecule has 102 valence electrons. The number of nitrogens with zero attached hydrogens (tertiary/aromatic N) is 2. The van der Waals surface area contributed by atoms with Gasteiger partial charge in [-0.1, -0.05) is 11.6 Å². The summed E-state index contributed by atoms with van der Waals surface area (Å²) in [5.74, 6) is -0.208. The van der Waals surface area contributed by atoms with E-state index in [9.17, 15) is 9.18 Å². The van der Waals surface area contributed by atoms with Crippen LogP contribution in [0.25, 0.3) is 0 Å². The molecule has 2 heterocycles. The third kappa shape index (κ3) is 2.39. The maximum atomic E-state index is 13.7. The van der Waals surface area contributed by atoms with E-state index in [1.54, 1.807) is 28.8 Å². The van der Waals surface area contributed by atoms with E-state index in [-0.39, 0.29) is 11.5 Å². The molecule has 0 aliphatic carbocycles.